The molecule has 1 heteroatoms. The van der Waals surface area contributed by atoms with Crippen molar-refractivity contribution in [1.82, 2.24) is 0 Å². The van der Waals surface area contributed by atoms with Gasteiger partial charge >= 0.3 is 0 Å². The van der Waals surface area contributed by atoms with Crippen LogP contribution in [-0.2, 0) is 0 Å². The molecular weight excluding hydrogens is 677 g/mol. The molecule has 1 heterocycles. The quantitative estimate of drug-likeness (QED) is 0.143. The lowest BCUT2D eigenvalue weighted by molar-refractivity contribution is 0.670. The maximum atomic E-state index is 6.48. The number of furan rings is 1. The van der Waals surface area contributed by atoms with Gasteiger partial charge in [-0.2, -0.15) is 0 Å². The third kappa shape index (κ3) is 6.40. The van der Waals surface area contributed by atoms with E-state index in [0.29, 0.717) is 0 Å². The zero-order valence-electron chi connectivity index (χ0n) is 30.8. The Labute approximate surface area is 327 Å². The second-order valence-electron chi connectivity index (χ2n) is 14.5. The second-order valence-corrected chi connectivity index (χ2v) is 14.5. The normalized spacial score (nSPS) is 11.4. The molecule has 0 saturated carbocycles. The van der Waals surface area contributed by atoms with E-state index in [1.807, 2.05) is 12.1 Å². The van der Waals surface area contributed by atoms with Crippen LogP contribution in [0.4, 0.5) is 0 Å². The summed E-state index contributed by atoms with van der Waals surface area (Å²) in [5, 5.41) is 2.28. The van der Waals surface area contributed by atoms with Crippen molar-refractivity contribution in [2.45, 2.75) is 5.92 Å². The lowest BCUT2D eigenvalue weighted by Gasteiger charge is -2.21. The zero-order chi connectivity index (χ0) is 37.3. The molecule has 0 radical (unpaired) electrons. The van der Waals surface area contributed by atoms with Crippen molar-refractivity contribution in [3.8, 4) is 55.6 Å². The highest BCUT2D eigenvalue weighted by atomic mass is 16.3. The van der Waals surface area contributed by atoms with Crippen LogP contribution in [0, 0.1) is 0 Å². The monoisotopic (exact) mass is 714 g/mol. The summed E-state index contributed by atoms with van der Waals surface area (Å²) in [4.78, 5) is 0. The minimum absolute atomic E-state index is 0.0221. The summed E-state index contributed by atoms with van der Waals surface area (Å²) in [7, 11) is 0. The molecule has 0 unspecified atom stereocenters. The van der Waals surface area contributed by atoms with E-state index in [1.54, 1.807) is 0 Å². The predicted octanol–water partition coefficient (Wildman–Crippen LogP) is 15.1. The highest BCUT2D eigenvalue weighted by molar-refractivity contribution is 6.09. The second kappa shape index (κ2) is 14.5. The molecular formula is C55H38O. The fourth-order valence-corrected chi connectivity index (χ4v) is 8.15. The molecule has 1 nitrogen and oxygen atoms in total. The average Bonchev–Trinajstić information content (AvgIpc) is 3.67. The van der Waals surface area contributed by atoms with Crippen molar-refractivity contribution in [2.75, 3.05) is 0 Å². The molecule has 264 valence electrons. The van der Waals surface area contributed by atoms with Crippen LogP contribution >= 0.6 is 0 Å². The van der Waals surface area contributed by atoms with Crippen LogP contribution < -0.4 is 0 Å². The molecule has 10 rings (SSSR count). The first-order chi connectivity index (χ1) is 27.7. The van der Waals surface area contributed by atoms with E-state index >= 15 is 0 Å². The van der Waals surface area contributed by atoms with E-state index in [4.69, 9.17) is 4.42 Å². The number of benzene rings is 9. The molecule has 10 aromatic rings. The Morgan fingerprint density at radius 1 is 0.268 bits per heavy atom. The van der Waals surface area contributed by atoms with Crippen LogP contribution in [0.5, 0.6) is 0 Å². The molecule has 0 spiro atoms. The molecule has 0 amide bonds. The molecule has 0 N–H and O–H groups in total. The third-order valence-corrected chi connectivity index (χ3v) is 11.1. The Hall–Kier alpha value is -7.22. The van der Waals surface area contributed by atoms with Gasteiger partial charge in [0.15, 0.2) is 0 Å². The van der Waals surface area contributed by atoms with Crippen molar-refractivity contribution in [3.63, 3.8) is 0 Å². The van der Waals surface area contributed by atoms with E-state index in [9.17, 15) is 0 Å². The minimum atomic E-state index is 0.0221. The fourth-order valence-electron chi connectivity index (χ4n) is 8.15. The van der Waals surface area contributed by atoms with Crippen molar-refractivity contribution < 1.29 is 4.42 Å². The number of fused-ring (bicyclic) bond motifs is 3. The van der Waals surface area contributed by atoms with E-state index in [2.05, 4.69) is 212 Å². The summed E-state index contributed by atoms with van der Waals surface area (Å²) in [6.45, 7) is 0. The Bertz CT molecular complexity index is 2780. The molecule has 0 aliphatic carbocycles. The van der Waals surface area contributed by atoms with E-state index in [1.165, 1.54) is 61.2 Å². The van der Waals surface area contributed by atoms with Crippen LogP contribution in [-0.4, -0.2) is 0 Å². The number of hydrogen-bond donors (Lipinski definition) is 0. The summed E-state index contributed by atoms with van der Waals surface area (Å²) in [5.74, 6) is 0.0221. The summed E-state index contributed by atoms with van der Waals surface area (Å²) in [6.07, 6.45) is 0. The van der Waals surface area contributed by atoms with Crippen LogP contribution in [0.3, 0.4) is 0 Å². The number of rotatable bonds is 8. The third-order valence-electron chi connectivity index (χ3n) is 11.1. The van der Waals surface area contributed by atoms with Crippen LogP contribution in [0.15, 0.2) is 229 Å². The molecule has 0 bridgehead atoms. The Morgan fingerprint density at radius 2 is 0.661 bits per heavy atom. The van der Waals surface area contributed by atoms with Gasteiger partial charge in [0.25, 0.3) is 0 Å². The van der Waals surface area contributed by atoms with Crippen molar-refractivity contribution >= 4 is 21.9 Å². The van der Waals surface area contributed by atoms with Gasteiger partial charge in [-0.1, -0.05) is 218 Å². The molecule has 0 saturated heterocycles. The van der Waals surface area contributed by atoms with Crippen LogP contribution in [0.2, 0.25) is 0 Å². The maximum absolute atomic E-state index is 6.48. The topological polar surface area (TPSA) is 13.1 Å². The number of para-hydroxylation sites is 2. The van der Waals surface area contributed by atoms with Gasteiger partial charge in [-0.3, -0.25) is 0 Å². The van der Waals surface area contributed by atoms with Crippen LogP contribution in [0.25, 0.3) is 77.6 Å². The minimum Gasteiger partial charge on any atom is -0.455 e. The molecule has 56 heavy (non-hydrogen) atoms. The maximum Gasteiger partial charge on any atom is 0.143 e. The van der Waals surface area contributed by atoms with Crippen molar-refractivity contribution in [3.05, 3.63) is 241 Å². The van der Waals surface area contributed by atoms with Gasteiger partial charge in [0.05, 0.1) is 0 Å². The van der Waals surface area contributed by atoms with Gasteiger partial charge in [0, 0.05) is 22.3 Å². The lowest BCUT2D eigenvalue weighted by Crippen LogP contribution is -2.04. The van der Waals surface area contributed by atoms with Gasteiger partial charge in [-0.05, 0) is 72.8 Å². The Morgan fingerprint density at radius 3 is 1.18 bits per heavy atom. The van der Waals surface area contributed by atoms with Gasteiger partial charge in [-0.25, -0.2) is 0 Å². The summed E-state index contributed by atoms with van der Waals surface area (Å²) in [5.41, 5.74) is 17.5. The van der Waals surface area contributed by atoms with Crippen molar-refractivity contribution in [1.29, 1.82) is 0 Å². The standard InChI is InChI=1S/C55H38O/c1-3-11-38(12-4-1)40-21-25-42(26-22-40)44-29-33-46(34-30-44)54(47-35-31-45(32-36-47)43-27-23-41(24-28-43)39-13-5-2-6-14-39)49-16-9-15-48(37-49)50-18-10-19-52-51-17-7-8-20-53(51)56-55(50)52/h1-37,54H. The van der Waals surface area contributed by atoms with Crippen molar-refractivity contribution in [2.24, 2.45) is 0 Å². The van der Waals surface area contributed by atoms with Gasteiger partial charge in [-0.15, -0.1) is 0 Å². The first-order valence-corrected chi connectivity index (χ1v) is 19.3. The van der Waals surface area contributed by atoms with Crippen LogP contribution in [0.1, 0.15) is 22.6 Å². The summed E-state index contributed by atoms with van der Waals surface area (Å²) in [6, 6.07) is 80.9. The molecule has 0 aliphatic heterocycles. The SMILES string of the molecule is c1ccc(-c2ccc(-c3ccc(C(c4ccc(-c5ccc(-c6ccccc6)cc5)cc4)c4cccc(-c5cccc6c5oc5ccccc56)c4)cc3)cc2)cc1. The highest BCUT2D eigenvalue weighted by Crippen LogP contribution is 2.40. The first-order valence-electron chi connectivity index (χ1n) is 19.3. The molecule has 0 fully saturated rings. The first kappa shape index (κ1) is 33.4. The zero-order valence-corrected chi connectivity index (χ0v) is 30.8. The Kier molecular flexibility index (Phi) is 8.67. The summed E-state index contributed by atoms with van der Waals surface area (Å²) >= 11 is 0. The smallest absolute Gasteiger partial charge is 0.143 e. The summed E-state index contributed by atoms with van der Waals surface area (Å²) < 4.78 is 6.48. The molecule has 0 aliphatic rings. The predicted molar refractivity (Wildman–Crippen MR) is 235 cm³/mol. The van der Waals surface area contributed by atoms with E-state index < -0.39 is 0 Å². The largest absolute Gasteiger partial charge is 0.455 e. The van der Waals surface area contributed by atoms with E-state index in [-0.39, 0.29) is 5.92 Å². The van der Waals surface area contributed by atoms with Gasteiger partial charge < -0.3 is 4.42 Å². The molecule has 0 atom stereocenters. The molecule has 9 aromatic carbocycles. The molecule has 1 aromatic heterocycles. The van der Waals surface area contributed by atoms with Gasteiger partial charge in [0.1, 0.15) is 11.2 Å². The number of hydrogen-bond acceptors (Lipinski definition) is 1. The Balaban J connectivity index is 1.02. The van der Waals surface area contributed by atoms with E-state index in [0.717, 1.165) is 33.1 Å². The average molecular weight is 715 g/mol. The fraction of sp³-hybridized carbons (Fsp3) is 0.0182. The lowest BCUT2D eigenvalue weighted by atomic mass is 9.83. The highest BCUT2D eigenvalue weighted by Gasteiger charge is 2.20. The van der Waals surface area contributed by atoms with Gasteiger partial charge in [0.2, 0.25) is 0 Å².